The number of amidine groups is 1. The molecule has 1 aromatic heterocycles. The zero-order valence-corrected chi connectivity index (χ0v) is 11.9. The van der Waals surface area contributed by atoms with Gasteiger partial charge in [0.25, 0.3) is 0 Å². The van der Waals surface area contributed by atoms with Crippen molar-refractivity contribution in [1.82, 2.24) is 19.7 Å². The second-order valence-corrected chi connectivity index (χ2v) is 5.09. The second-order valence-electron chi connectivity index (χ2n) is 5.09. The number of hydrogen-bond acceptors (Lipinski definition) is 5. The van der Waals surface area contributed by atoms with Gasteiger partial charge in [-0.25, -0.2) is 0 Å². The van der Waals surface area contributed by atoms with E-state index in [2.05, 4.69) is 19.7 Å². The fourth-order valence-electron chi connectivity index (χ4n) is 2.56. The topological polar surface area (TPSA) is 93.0 Å². The van der Waals surface area contributed by atoms with Gasteiger partial charge in [0.05, 0.1) is 13.7 Å². The second kappa shape index (κ2) is 5.53. The molecular formula is C14H18N6O. The molecule has 0 radical (unpaired) electrons. The normalized spacial score (nSPS) is 14.7. The Morgan fingerprint density at radius 1 is 1.43 bits per heavy atom. The number of nitrogens with zero attached hydrogens (tertiary/aromatic N) is 4. The number of fused-ring (bicyclic) bond motifs is 1. The van der Waals surface area contributed by atoms with Crippen molar-refractivity contribution in [1.29, 1.82) is 5.41 Å². The summed E-state index contributed by atoms with van der Waals surface area (Å²) in [4.78, 5) is 2.28. The van der Waals surface area contributed by atoms with E-state index in [9.17, 15) is 0 Å². The van der Waals surface area contributed by atoms with Crippen LogP contribution >= 0.6 is 0 Å². The van der Waals surface area contributed by atoms with Crippen LogP contribution in [0.2, 0.25) is 0 Å². The summed E-state index contributed by atoms with van der Waals surface area (Å²) in [7, 11) is 1.65. The van der Waals surface area contributed by atoms with Crippen molar-refractivity contribution < 1.29 is 4.74 Å². The molecule has 3 N–H and O–H groups in total. The Bertz CT molecular complexity index is 665. The van der Waals surface area contributed by atoms with Crippen molar-refractivity contribution in [2.45, 2.75) is 19.6 Å². The molecule has 0 saturated heterocycles. The molecule has 2 heterocycles. The Morgan fingerprint density at radius 2 is 2.29 bits per heavy atom. The first-order chi connectivity index (χ1) is 10.2. The fraction of sp³-hybridized carbons (Fsp3) is 0.357. The molecule has 1 aliphatic heterocycles. The van der Waals surface area contributed by atoms with Gasteiger partial charge in [0.2, 0.25) is 0 Å². The summed E-state index contributed by atoms with van der Waals surface area (Å²) < 4.78 is 7.47. The highest BCUT2D eigenvalue weighted by Crippen LogP contribution is 2.23. The Hall–Kier alpha value is -2.41. The number of methoxy groups -OCH3 is 1. The van der Waals surface area contributed by atoms with Crippen LogP contribution in [0.4, 0.5) is 0 Å². The van der Waals surface area contributed by atoms with Crippen LogP contribution in [0.25, 0.3) is 0 Å². The molecule has 7 nitrogen and oxygen atoms in total. The quantitative estimate of drug-likeness (QED) is 0.633. The summed E-state index contributed by atoms with van der Waals surface area (Å²) in [5.41, 5.74) is 7.30. The lowest BCUT2D eigenvalue weighted by atomic mass is 10.1. The van der Waals surface area contributed by atoms with Crippen LogP contribution in [0.5, 0.6) is 5.75 Å². The SMILES string of the molecule is COc1ccc(C(=N)N)cc1CN1CCn2cnnc2C1. The minimum atomic E-state index is 0.0669. The lowest BCUT2D eigenvalue weighted by Crippen LogP contribution is -2.33. The molecule has 21 heavy (non-hydrogen) atoms. The van der Waals surface area contributed by atoms with E-state index in [-0.39, 0.29) is 5.84 Å². The van der Waals surface area contributed by atoms with Crippen LogP contribution in [0.1, 0.15) is 17.0 Å². The van der Waals surface area contributed by atoms with Crippen molar-refractivity contribution in [2.24, 2.45) is 5.73 Å². The van der Waals surface area contributed by atoms with Crippen LogP contribution < -0.4 is 10.5 Å². The summed E-state index contributed by atoms with van der Waals surface area (Å²) in [5, 5.41) is 15.6. The van der Waals surface area contributed by atoms with Gasteiger partial charge in [0, 0.05) is 30.8 Å². The highest BCUT2D eigenvalue weighted by atomic mass is 16.5. The molecule has 0 amide bonds. The number of ether oxygens (including phenoxy) is 1. The van der Waals surface area contributed by atoms with E-state index in [4.69, 9.17) is 15.9 Å². The lowest BCUT2D eigenvalue weighted by molar-refractivity contribution is 0.206. The number of hydrogen-bond donors (Lipinski definition) is 2. The molecule has 0 fully saturated rings. The molecule has 0 bridgehead atoms. The third kappa shape index (κ3) is 2.73. The maximum absolute atomic E-state index is 7.56. The molecule has 2 aromatic rings. The van der Waals surface area contributed by atoms with Crippen molar-refractivity contribution in [3.05, 3.63) is 41.5 Å². The molecular weight excluding hydrogens is 268 g/mol. The smallest absolute Gasteiger partial charge is 0.147 e. The maximum Gasteiger partial charge on any atom is 0.147 e. The Labute approximate surface area is 122 Å². The molecule has 1 aromatic carbocycles. The van der Waals surface area contributed by atoms with Gasteiger partial charge >= 0.3 is 0 Å². The highest BCUT2D eigenvalue weighted by molar-refractivity contribution is 5.95. The van der Waals surface area contributed by atoms with Crippen molar-refractivity contribution >= 4 is 5.84 Å². The monoisotopic (exact) mass is 286 g/mol. The first-order valence-corrected chi connectivity index (χ1v) is 6.77. The minimum Gasteiger partial charge on any atom is -0.496 e. The number of aromatic nitrogens is 3. The Kier molecular flexibility index (Phi) is 3.57. The maximum atomic E-state index is 7.56. The zero-order valence-electron chi connectivity index (χ0n) is 11.9. The fourth-order valence-corrected chi connectivity index (χ4v) is 2.56. The molecule has 0 aliphatic carbocycles. The van der Waals surface area contributed by atoms with Crippen molar-refractivity contribution in [3.8, 4) is 5.75 Å². The van der Waals surface area contributed by atoms with Crippen LogP contribution in [0.15, 0.2) is 24.5 Å². The summed E-state index contributed by atoms with van der Waals surface area (Å²) in [6.07, 6.45) is 1.77. The Morgan fingerprint density at radius 3 is 3.05 bits per heavy atom. The van der Waals surface area contributed by atoms with Gasteiger partial charge in [0.1, 0.15) is 23.7 Å². The minimum absolute atomic E-state index is 0.0669. The number of nitrogen functional groups attached to an aromatic ring is 1. The first-order valence-electron chi connectivity index (χ1n) is 6.77. The Balaban J connectivity index is 1.81. The van der Waals surface area contributed by atoms with Gasteiger partial charge in [-0.3, -0.25) is 10.3 Å². The molecule has 3 rings (SSSR count). The van der Waals surface area contributed by atoms with E-state index in [0.717, 1.165) is 43.3 Å². The third-order valence-corrected chi connectivity index (χ3v) is 3.70. The summed E-state index contributed by atoms with van der Waals surface area (Å²) in [6.45, 7) is 3.31. The summed E-state index contributed by atoms with van der Waals surface area (Å²) in [5.74, 6) is 1.85. The van der Waals surface area contributed by atoms with Crippen molar-refractivity contribution in [3.63, 3.8) is 0 Å². The van der Waals surface area contributed by atoms with Crippen LogP contribution in [0, 0.1) is 5.41 Å². The van der Waals surface area contributed by atoms with E-state index in [1.54, 1.807) is 19.5 Å². The largest absolute Gasteiger partial charge is 0.496 e. The standard InChI is InChI=1S/C14H18N6O/c1-21-12-3-2-10(14(15)16)6-11(12)7-19-4-5-20-9-17-18-13(20)8-19/h2-3,6,9H,4-5,7-8H2,1H3,(H3,15,16). The number of nitrogens with one attached hydrogen (secondary N) is 1. The predicted molar refractivity (Wildman–Crippen MR) is 78.1 cm³/mol. The zero-order chi connectivity index (χ0) is 14.8. The van der Waals surface area contributed by atoms with Gasteiger partial charge in [-0.05, 0) is 18.2 Å². The van der Waals surface area contributed by atoms with E-state index >= 15 is 0 Å². The summed E-state index contributed by atoms with van der Waals surface area (Å²) >= 11 is 0. The van der Waals surface area contributed by atoms with E-state index in [1.165, 1.54) is 0 Å². The number of benzene rings is 1. The summed E-state index contributed by atoms with van der Waals surface area (Å²) in [6, 6.07) is 5.58. The van der Waals surface area contributed by atoms with Gasteiger partial charge in [-0.15, -0.1) is 10.2 Å². The molecule has 110 valence electrons. The molecule has 1 aliphatic rings. The number of nitrogens with two attached hydrogens (primary N) is 1. The van der Waals surface area contributed by atoms with Crippen LogP contribution in [-0.4, -0.2) is 39.2 Å². The molecule has 0 unspecified atom stereocenters. The predicted octanol–water partition coefficient (Wildman–Crippen LogP) is 0.587. The average molecular weight is 286 g/mol. The van der Waals surface area contributed by atoms with E-state index in [0.29, 0.717) is 5.56 Å². The molecule has 0 spiro atoms. The van der Waals surface area contributed by atoms with Gasteiger partial charge in [-0.2, -0.15) is 0 Å². The van der Waals surface area contributed by atoms with Crippen LogP contribution in [-0.2, 0) is 19.6 Å². The highest BCUT2D eigenvalue weighted by Gasteiger charge is 2.19. The molecule has 0 saturated carbocycles. The number of rotatable bonds is 4. The average Bonchev–Trinajstić information content (AvgIpc) is 2.94. The van der Waals surface area contributed by atoms with Crippen molar-refractivity contribution in [2.75, 3.05) is 13.7 Å². The van der Waals surface area contributed by atoms with Gasteiger partial charge in [0.15, 0.2) is 0 Å². The third-order valence-electron chi connectivity index (χ3n) is 3.70. The van der Waals surface area contributed by atoms with E-state index < -0.39 is 0 Å². The molecule has 7 heteroatoms. The van der Waals surface area contributed by atoms with Gasteiger partial charge in [-0.1, -0.05) is 0 Å². The van der Waals surface area contributed by atoms with Gasteiger partial charge < -0.3 is 15.0 Å². The van der Waals surface area contributed by atoms with Crippen LogP contribution in [0.3, 0.4) is 0 Å². The lowest BCUT2D eigenvalue weighted by Gasteiger charge is -2.27. The first kappa shape index (κ1) is 13.6. The molecule has 0 atom stereocenters. The van der Waals surface area contributed by atoms with E-state index in [1.807, 2.05) is 12.1 Å².